The predicted molar refractivity (Wildman–Crippen MR) is 404 cm³/mol. The van der Waals surface area contributed by atoms with E-state index in [1.165, 1.54) is 112 Å². The van der Waals surface area contributed by atoms with Crippen molar-refractivity contribution in [2.75, 3.05) is 0 Å². The minimum absolute atomic E-state index is 0.407. The topological polar surface area (TPSA) is 23.3 Å². The van der Waals surface area contributed by atoms with E-state index in [0.717, 1.165) is 44.8 Å². The maximum atomic E-state index is 7.56. The van der Waals surface area contributed by atoms with Gasteiger partial charge in [-0.2, -0.15) is 0 Å². The van der Waals surface area contributed by atoms with Gasteiger partial charge in [0.15, 0.2) is 37.2 Å². The number of aromatic nitrogens is 6. The molecule has 0 radical (unpaired) electrons. The van der Waals surface area contributed by atoms with Crippen LogP contribution in [0.25, 0.3) is 67.5 Å². The molecule has 0 aliphatic carbocycles. The maximum Gasteiger partial charge on any atom is 0.212 e. The second-order valence-corrected chi connectivity index (χ2v) is 26.0. The normalized spacial score (nSPS) is 11.7. The summed E-state index contributed by atoms with van der Waals surface area (Å²) in [4.78, 5) is 0. The fourth-order valence-corrected chi connectivity index (χ4v) is 12.8. The zero-order valence-corrected chi connectivity index (χ0v) is 61.5. The number of nitrogens with zero attached hydrogens (tertiary/aromatic N) is 6. The maximum absolute atomic E-state index is 7.56. The van der Waals surface area contributed by atoms with Gasteiger partial charge < -0.3 is 0 Å². The van der Waals surface area contributed by atoms with Crippen LogP contribution in [0, 0.1) is 124 Å². The number of pyridine rings is 6. The summed E-state index contributed by atoms with van der Waals surface area (Å²) in [6.07, 6.45) is 12.4. The Morgan fingerprint density at radius 1 is 0.208 bits per heavy atom. The van der Waals surface area contributed by atoms with Crippen LogP contribution in [0.3, 0.4) is 0 Å². The lowest BCUT2D eigenvalue weighted by molar-refractivity contribution is -0.660. The molecular weight excluding hydrogens is 1170 g/mol. The Labute approximate surface area is 586 Å². The van der Waals surface area contributed by atoms with Gasteiger partial charge in [-0.1, -0.05) is 77.9 Å². The van der Waals surface area contributed by atoms with E-state index in [4.69, 9.17) is 8.22 Å². The molecule has 6 heteroatoms. The largest absolute Gasteiger partial charge is 0.212 e. The average Bonchev–Trinajstić information content (AvgIpc) is 0.768. The van der Waals surface area contributed by atoms with Gasteiger partial charge in [-0.15, -0.1) is 0 Å². The van der Waals surface area contributed by atoms with Gasteiger partial charge >= 0.3 is 0 Å². The molecule has 6 aromatic heterocycles. The van der Waals surface area contributed by atoms with E-state index in [2.05, 4.69) is 276 Å². The molecule has 0 saturated carbocycles. The predicted octanol–water partition coefficient (Wildman–Crippen LogP) is 18.6. The monoisotopic (exact) mass is 1280 g/mol. The summed E-state index contributed by atoms with van der Waals surface area (Å²) in [5, 5.41) is 0. The zero-order valence-electron chi connectivity index (χ0n) is 67.5. The highest BCUT2D eigenvalue weighted by atomic mass is 14.9. The summed E-state index contributed by atoms with van der Waals surface area (Å²) in [6, 6.07) is 62.3. The van der Waals surface area contributed by atoms with E-state index >= 15 is 0 Å². The van der Waals surface area contributed by atoms with Crippen LogP contribution in [0.15, 0.2) is 219 Å². The van der Waals surface area contributed by atoms with Crippen molar-refractivity contribution in [2.24, 2.45) is 42.3 Å². The van der Waals surface area contributed by atoms with Gasteiger partial charge in [0.05, 0.1) is 27.8 Å². The van der Waals surface area contributed by atoms with Crippen molar-refractivity contribution in [3.05, 3.63) is 319 Å². The molecule has 12 rings (SSSR count). The van der Waals surface area contributed by atoms with Crippen LogP contribution in [0.4, 0.5) is 0 Å². The van der Waals surface area contributed by atoms with Crippen LogP contribution in [0.5, 0.6) is 0 Å². The first-order valence-electron chi connectivity index (χ1n) is 36.3. The summed E-state index contributed by atoms with van der Waals surface area (Å²) in [5.41, 5.74) is 35.8. The zero-order chi connectivity index (χ0) is 75.2. The van der Waals surface area contributed by atoms with Crippen LogP contribution in [0.2, 0.25) is 0 Å². The molecule has 96 heavy (non-hydrogen) atoms. The molecule has 0 atom stereocenters. The van der Waals surface area contributed by atoms with E-state index in [9.17, 15) is 0 Å². The molecule has 0 spiro atoms. The van der Waals surface area contributed by atoms with Crippen molar-refractivity contribution in [1.29, 1.82) is 0 Å². The van der Waals surface area contributed by atoms with Crippen molar-refractivity contribution < 1.29 is 35.6 Å². The van der Waals surface area contributed by atoms with E-state index in [1.807, 2.05) is 106 Å². The quantitative estimate of drug-likeness (QED) is 0.148. The Bertz CT molecular complexity index is 4660. The van der Waals surface area contributed by atoms with Gasteiger partial charge in [-0.25, -0.2) is 27.4 Å². The van der Waals surface area contributed by atoms with Gasteiger partial charge in [0.2, 0.25) is 34.2 Å². The minimum Gasteiger partial charge on any atom is -0.201 e. The minimum atomic E-state index is -2.05. The summed E-state index contributed by atoms with van der Waals surface area (Å²) >= 11 is 0. The van der Waals surface area contributed by atoms with Crippen LogP contribution in [-0.2, 0) is 42.3 Å². The summed E-state index contributed by atoms with van der Waals surface area (Å²) in [6.45, 7) is 29.8. The van der Waals surface area contributed by atoms with Crippen LogP contribution < -0.4 is 27.4 Å². The van der Waals surface area contributed by atoms with Crippen LogP contribution >= 0.6 is 0 Å². The van der Waals surface area contributed by atoms with Gasteiger partial charge in [0, 0.05) is 86.6 Å². The molecule has 0 amide bonds. The SMILES string of the molecule is Cc1cc(C)c(-c2cccc[n+]2C)c(C)c1.Cc1ccc(C)c(-c2cccc[n+]2C)c1C.Cc1ccc(C)c(-c2cccc[n+]2C)c1C.Cc1ccc(C)c(-c2cccc[n+]2C)c1C.[2H]C([2H])([2H])c1cc(C)c(-c2cccc[n+]2C)c(C)c1.[2H]C([2H])([2H])c1cc(C)c(-c2cccc[n+]2C)cc1C. The molecular formula is C90H108N6+6. The summed E-state index contributed by atoms with van der Waals surface area (Å²) in [5.74, 6) is 0. The number of rotatable bonds is 6. The van der Waals surface area contributed by atoms with E-state index in [-0.39, 0.29) is 0 Å². The molecule has 6 heterocycles. The Hall–Kier alpha value is -9.78. The Morgan fingerprint density at radius 2 is 0.469 bits per heavy atom. The van der Waals surface area contributed by atoms with Crippen LogP contribution in [0.1, 0.15) is 108 Å². The van der Waals surface area contributed by atoms with E-state index in [1.54, 1.807) is 18.2 Å². The van der Waals surface area contributed by atoms with Crippen molar-refractivity contribution in [3.8, 4) is 67.5 Å². The van der Waals surface area contributed by atoms with E-state index in [0.29, 0.717) is 11.1 Å². The molecule has 0 saturated heterocycles. The smallest absolute Gasteiger partial charge is 0.201 e. The summed E-state index contributed by atoms with van der Waals surface area (Å²) in [7, 11) is 12.4. The Balaban J connectivity index is 0.000000172. The fourth-order valence-electron chi connectivity index (χ4n) is 12.8. The third kappa shape index (κ3) is 18.2. The lowest BCUT2D eigenvalue weighted by Gasteiger charge is -2.10. The highest BCUT2D eigenvalue weighted by molar-refractivity contribution is 5.70. The Kier molecular flexibility index (Phi) is 22.7. The summed E-state index contributed by atoms with van der Waals surface area (Å²) < 4.78 is 58.0. The van der Waals surface area contributed by atoms with Gasteiger partial charge in [0.25, 0.3) is 0 Å². The van der Waals surface area contributed by atoms with Crippen molar-refractivity contribution in [1.82, 2.24) is 0 Å². The molecule has 0 unspecified atom stereocenters. The van der Waals surface area contributed by atoms with Crippen molar-refractivity contribution in [3.63, 3.8) is 0 Å². The first-order chi connectivity index (χ1) is 48.0. The lowest BCUT2D eigenvalue weighted by atomic mass is 9.95. The average molecular weight is 1280 g/mol. The first kappa shape index (κ1) is 64.9. The van der Waals surface area contributed by atoms with Gasteiger partial charge in [-0.05, 0) is 256 Å². The molecule has 6 nitrogen and oxygen atoms in total. The molecule has 0 bridgehead atoms. The van der Waals surface area contributed by atoms with Crippen LogP contribution in [-0.4, -0.2) is 0 Å². The second kappa shape index (κ2) is 33.6. The molecule has 0 aliphatic heterocycles. The van der Waals surface area contributed by atoms with E-state index < -0.39 is 13.7 Å². The molecule has 0 N–H and O–H groups in total. The highest BCUT2D eigenvalue weighted by Crippen LogP contribution is 2.31. The molecule has 6 aromatic carbocycles. The van der Waals surface area contributed by atoms with Gasteiger partial charge in [-0.3, -0.25) is 0 Å². The van der Waals surface area contributed by atoms with Crippen molar-refractivity contribution >= 4 is 0 Å². The lowest BCUT2D eigenvalue weighted by Crippen LogP contribution is -2.30. The second-order valence-electron chi connectivity index (χ2n) is 26.0. The van der Waals surface area contributed by atoms with Gasteiger partial charge in [0.1, 0.15) is 42.3 Å². The third-order valence-corrected chi connectivity index (χ3v) is 18.5. The molecule has 0 aliphatic rings. The number of benzene rings is 6. The Morgan fingerprint density at radius 3 is 0.740 bits per heavy atom. The first-order valence-corrected chi connectivity index (χ1v) is 33.3. The fraction of sp³-hybridized carbons (Fsp3) is 0.267. The molecule has 12 aromatic rings. The third-order valence-electron chi connectivity index (χ3n) is 18.5. The standard InChI is InChI=1S/6C15H18N/c3*1-11-8-9-12(2)15(13(11)3)14-7-5-6-10-16(14)4;1-11-9-13(3)14(10-12(11)2)15-7-5-6-8-16(15)4;2*1-11-9-12(2)15(13(3)10-11)14-7-5-6-8-16(14)4/h6*5-10H,1-4H3/q6*+1/i;;;2*1D3;. The molecule has 492 valence electrons. The highest BCUT2D eigenvalue weighted by Gasteiger charge is 2.20. The number of hydrogen-bond donors (Lipinski definition) is 0. The van der Waals surface area contributed by atoms with Crippen molar-refractivity contribution in [2.45, 2.75) is 124 Å². The number of aryl methyl sites for hydroxylation is 21. The molecule has 0 fully saturated rings. The number of hydrogen-bond acceptors (Lipinski definition) is 0.